The van der Waals surface area contributed by atoms with Crippen LogP contribution < -0.4 is 15.5 Å². The van der Waals surface area contributed by atoms with Gasteiger partial charge in [-0.3, -0.25) is 9.48 Å². The van der Waals surface area contributed by atoms with Crippen LogP contribution in [0.4, 0.5) is 17.5 Å². The molecule has 4 heterocycles. The maximum Gasteiger partial charge on any atom is 0.246 e. The molecule has 160 valence electrons. The van der Waals surface area contributed by atoms with Crippen LogP contribution in [0.3, 0.4) is 0 Å². The molecule has 3 aromatic rings. The van der Waals surface area contributed by atoms with Crippen molar-refractivity contribution in [2.24, 2.45) is 0 Å². The number of anilines is 3. The van der Waals surface area contributed by atoms with E-state index < -0.39 is 0 Å². The molecular weight excluding hydrogens is 394 g/mol. The third-order valence-corrected chi connectivity index (χ3v) is 5.03. The molecule has 0 aliphatic carbocycles. The third kappa shape index (κ3) is 4.45. The minimum Gasteiger partial charge on any atom is -0.350 e. The Hall–Kier alpha value is -4.00. The molecule has 0 fully saturated rings. The first-order valence-corrected chi connectivity index (χ1v) is 9.47. The fourth-order valence-electron chi connectivity index (χ4n) is 3.21. The van der Waals surface area contributed by atoms with Crippen LogP contribution in [0.1, 0.15) is 36.9 Å². The summed E-state index contributed by atoms with van der Waals surface area (Å²) in [6.45, 7) is 4.73. The van der Waals surface area contributed by atoms with E-state index >= 15 is 0 Å². The lowest BCUT2D eigenvalue weighted by Gasteiger charge is -2.32. The average Bonchev–Trinajstić information content (AvgIpc) is 3.19. The Labute approximate surface area is 181 Å². The Kier molecular flexibility index (Phi) is 6.15. The van der Waals surface area contributed by atoms with Gasteiger partial charge in [0.15, 0.2) is 5.82 Å². The highest BCUT2D eigenvalue weighted by Crippen LogP contribution is 2.32. The predicted octanol–water partition coefficient (Wildman–Crippen LogP) is 2.32. The number of hydrogen-bond donors (Lipinski definition) is 2. The van der Waals surface area contributed by atoms with Crippen molar-refractivity contribution in [1.82, 2.24) is 24.7 Å². The van der Waals surface area contributed by atoms with Crippen LogP contribution in [0.2, 0.25) is 0 Å². The van der Waals surface area contributed by atoms with Crippen LogP contribution in [-0.2, 0) is 17.9 Å². The Morgan fingerprint density at radius 1 is 1.32 bits per heavy atom. The molecular formula is C21H25N9O. The van der Waals surface area contributed by atoms with Gasteiger partial charge in [-0.2, -0.15) is 15.3 Å². The number of hydrogen-bond acceptors (Lipinski definition) is 8. The molecule has 0 aromatic carbocycles. The number of carbonyl (C=O) groups is 1. The molecule has 10 nitrogen and oxygen atoms in total. The van der Waals surface area contributed by atoms with E-state index in [0.29, 0.717) is 41.9 Å². The van der Waals surface area contributed by atoms with Gasteiger partial charge in [0.2, 0.25) is 11.9 Å². The number of amides is 1. The van der Waals surface area contributed by atoms with Crippen LogP contribution in [0.15, 0.2) is 30.7 Å². The summed E-state index contributed by atoms with van der Waals surface area (Å²) in [6, 6.07) is 5.35. The van der Waals surface area contributed by atoms with E-state index in [-0.39, 0.29) is 19.4 Å². The van der Waals surface area contributed by atoms with Crippen molar-refractivity contribution in [1.29, 1.82) is 5.26 Å². The van der Waals surface area contributed by atoms with Gasteiger partial charge in [-0.25, -0.2) is 9.97 Å². The summed E-state index contributed by atoms with van der Waals surface area (Å²) in [4.78, 5) is 26.9. The maximum atomic E-state index is 12.0. The number of rotatable bonds is 5. The number of aromatic nitrogens is 5. The molecule has 0 bridgehead atoms. The highest BCUT2D eigenvalue weighted by Gasteiger charge is 2.30. The molecule has 1 aliphatic rings. The van der Waals surface area contributed by atoms with E-state index in [1.807, 2.05) is 44.1 Å². The summed E-state index contributed by atoms with van der Waals surface area (Å²) < 4.78 is 1.80. The van der Waals surface area contributed by atoms with E-state index in [9.17, 15) is 4.79 Å². The summed E-state index contributed by atoms with van der Waals surface area (Å²) in [7, 11) is 1.85. The zero-order chi connectivity index (χ0) is 21.3. The molecule has 1 amide bonds. The molecule has 1 atom stereocenters. The quantitative estimate of drug-likeness (QED) is 0.645. The van der Waals surface area contributed by atoms with Crippen LogP contribution in [-0.4, -0.2) is 43.7 Å². The molecule has 0 saturated heterocycles. The number of likely N-dealkylation sites (N-methyl/N-ethyl adjacent to an activating group) is 1. The number of pyridine rings is 1. The smallest absolute Gasteiger partial charge is 0.246 e. The van der Waals surface area contributed by atoms with E-state index in [0.717, 1.165) is 11.1 Å². The van der Waals surface area contributed by atoms with Gasteiger partial charge in [0.25, 0.3) is 0 Å². The second-order valence-corrected chi connectivity index (χ2v) is 7.17. The van der Waals surface area contributed by atoms with Gasteiger partial charge in [-0.05, 0) is 31.5 Å². The number of nitriles is 1. The normalized spacial score (nSPS) is 14.8. The van der Waals surface area contributed by atoms with Gasteiger partial charge in [0.05, 0.1) is 18.4 Å². The van der Waals surface area contributed by atoms with Gasteiger partial charge in [0, 0.05) is 31.5 Å². The van der Waals surface area contributed by atoms with Crippen molar-refractivity contribution >= 4 is 23.4 Å². The Morgan fingerprint density at radius 3 is 2.90 bits per heavy atom. The SMILES string of the molecule is C.Cc1nc(NCc2cnn(Cc3ccnc(C#N)c3)c2)nc2c1NC(=O)[C@@H](C)N2C. The van der Waals surface area contributed by atoms with Gasteiger partial charge < -0.3 is 15.5 Å². The van der Waals surface area contributed by atoms with Crippen molar-refractivity contribution in [3.63, 3.8) is 0 Å². The van der Waals surface area contributed by atoms with Crippen molar-refractivity contribution < 1.29 is 4.79 Å². The van der Waals surface area contributed by atoms with Crippen LogP contribution in [0, 0.1) is 18.3 Å². The fraction of sp³-hybridized carbons (Fsp3) is 0.333. The largest absolute Gasteiger partial charge is 0.350 e. The van der Waals surface area contributed by atoms with E-state index in [2.05, 4.69) is 30.7 Å². The predicted molar refractivity (Wildman–Crippen MR) is 118 cm³/mol. The topological polar surface area (TPSA) is 125 Å². The lowest BCUT2D eigenvalue weighted by molar-refractivity contribution is -0.117. The minimum absolute atomic E-state index is 0. The molecule has 2 N–H and O–H groups in total. The molecule has 1 aliphatic heterocycles. The van der Waals surface area contributed by atoms with Crippen LogP contribution in [0.5, 0.6) is 0 Å². The van der Waals surface area contributed by atoms with Gasteiger partial charge in [-0.15, -0.1) is 0 Å². The number of fused-ring (bicyclic) bond motifs is 1. The van der Waals surface area contributed by atoms with E-state index in [4.69, 9.17) is 5.26 Å². The van der Waals surface area contributed by atoms with Crippen molar-refractivity contribution in [3.05, 3.63) is 53.2 Å². The number of carbonyl (C=O) groups excluding carboxylic acids is 1. The van der Waals surface area contributed by atoms with Gasteiger partial charge in [0.1, 0.15) is 23.5 Å². The Morgan fingerprint density at radius 2 is 2.13 bits per heavy atom. The molecule has 0 unspecified atom stereocenters. The molecule has 10 heteroatoms. The first-order chi connectivity index (χ1) is 14.4. The minimum atomic E-state index is -0.299. The summed E-state index contributed by atoms with van der Waals surface area (Å²) in [5.74, 6) is 1.11. The third-order valence-electron chi connectivity index (χ3n) is 5.03. The summed E-state index contributed by atoms with van der Waals surface area (Å²) >= 11 is 0. The highest BCUT2D eigenvalue weighted by atomic mass is 16.2. The zero-order valence-corrected chi connectivity index (χ0v) is 16.9. The lowest BCUT2D eigenvalue weighted by Crippen LogP contribution is -2.44. The van der Waals surface area contributed by atoms with Crippen LogP contribution >= 0.6 is 0 Å². The van der Waals surface area contributed by atoms with E-state index in [1.165, 1.54) is 0 Å². The van der Waals surface area contributed by atoms with Crippen molar-refractivity contribution in [3.8, 4) is 6.07 Å². The molecule has 0 radical (unpaired) electrons. The Balaban J connectivity index is 0.00000272. The lowest BCUT2D eigenvalue weighted by atomic mass is 10.2. The van der Waals surface area contributed by atoms with Crippen molar-refractivity contribution in [2.75, 3.05) is 22.6 Å². The fourth-order valence-corrected chi connectivity index (χ4v) is 3.21. The van der Waals surface area contributed by atoms with Crippen LogP contribution in [0.25, 0.3) is 0 Å². The second-order valence-electron chi connectivity index (χ2n) is 7.17. The monoisotopic (exact) mass is 419 g/mol. The number of aryl methyl sites for hydroxylation is 1. The number of nitrogens with one attached hydrogen (secondary N) is 2. The summed E-state index contributed by atoms with van der Waals surface area (Å²) in [5.41, 5.74) is 3.66. The molecule has 4 rings (SSSR count). The summed E-state index contributed by atoms with van der Waals surface area (Å²) in [6.07, 6.45) is 5.33. The average molecular weight is 419 g/mol. The number of nitrogens with zero attached hydrogens (tertiary/aromatic N) is 7. The Bertz CT molecular complexity index is 1150. The molecule has 31 heavy (non-hydrogen) atoms. The summed E-state index contributed by atoms with van der Waals surface area (Å²) in [5, 5.41) is 19.4. The highest BCUT2D eigenvalue weighted by molar-refractivity contribution is 6.03. The van der Waals surface area contributed by atoms with Gasteiger partial charge >= 0.3 is 0 Å². The van der Waals surface area contributed by atoms with E-state index in [1.54, 1.807) is 23.1 Å². The second kappa shape index (κ2) is 8.79. The zero-order valence-electron chi connectivity index (χ0n) is 16.9. The first kappa shape index (κ1) is 21.7. The maximum absolute atomic E-state index is 12.0. The van der Waals surface area contributed by atoms with Gasteiger partial charge in [-0.1, -0.05) is 7.43 Å². The molecule has 0 spiro atoms. The van der Waals surface area contributed by atoms with Crippen molar-refractivity contribution in [2.45, 2.75) is 40.4 Å². The first-order valence-electron chi connectivity index (χ1n) is 9.47. The molecule has 3 aromatic heterocycles. The standard InChI is InChI=1S/C20H21N9O.CH4/c1-12-17-18(28(3)13(2)19(30)26-17)27-20(25-12)23-8-15-9-24-29(11-15)10-14-4-5-22-16(6-14)7-21;/h4-6,9,11,13H,8,10H2,1-3H3,(H,26,30)(H,23,25,27);1H4/t13-;/m1./s1. The molecule has 0 saturated carbocycles.